The lowest BCUT2D eigenvalue weighted by atomic mass is 9.94. The maximum atomic E-state index is 13.0. The van der Waals surface area contributed by atoms with Crippen molar-refractivity contribution in [2.24, 2.45) is 11.8 Å². The monoisotopic (exact) mass is 400 g/mol. The van der Waals surface area contributed by atoms with Crippen molar-refractivity contribution in [1.82, 2.24) is 4.31 Å². The first-order chi connectivity index (χ1) is 13.2. The summed E-state index contributed by atoms with van der Waals surface area (Å²) in [4.78, 5) is 12.8. The molecule has 0 radical (unpaired) electrons. The first-order valence-electron chi connectivity index (χ1n) is 9.66. The standard InChI is InChI=1S/C22H28N2O3S/c1-15-12-16(2)14-24(13-15)28(26,27)20-10-8-19(9-11-20)22(25)23-21-7-5-6-17(3)18(21)4/h5-11,15-16H,12-14H2,1-4H3,(H,23,25)/t15-,16-/m0/s1. The molecule has 0 unspecified atom stereocenters. The molecule has 3 rings (SSSR count). The Balaban J connectivity index is 1.77. The summed E-state index contributed by atoms with van der Waals surface area (Å²) in [5.41, 5.74) is 3.31. The van der Waals surface area contributed by atoms with E-state index >= 15 is 0 Å². The van der Waals surface area contributed by atoms with Gasteiger partial charge in [0.15, 0.2) is 0 Å². The van der Waals surface area contributed by atoms with Crippen LogP contribution >= 0.6 is 0 Å². The predicted molar refractivity (Wildman–Crippen MR) is 112 cm³/mol. The molecule has 1 fully saturated rings. The van der Waals surface area contributed by atoms with Gasteiger partial charge in [-0.1, -0.05) is 26.0 Å². The summed E-state index contributed by atoms with van der Waals surface area (Å²) in [6.45, 7) is 9.20. The summed E-state index contributed by atoms with van der Waals surface area (Å²) >= 11 is 0. The Bertz CT molecular complexity index is 958. The van der Waals surface area contributed by atoms with E-state index in [0.717, 1.165) is 23.2 Å². The normalized spacial score (nSPS) is 20.7. The Labute approximate surface area is 167 Å². The fraction of sp³-hybridized carbons (Fsp3) is 0.409. The van der Waals surface area contributed by atoms with E-state index in [1.807, 2.05) is 32.0 Å². The van der Waals surface area contributed by atoms with Gasteiger partial charge in [0.25, 0.3) is 5.91 Å². The number of hydrogen-bond acceptors (Lipinski definition) is 3. The minimum absolute atomic E-state index is 0.233. The number of nitrogens with zero attached hydrogens (tertiary/aromatic N) is 1. The fourth-order valence-corrected chi connectivity index (χ4v) is 5.49. The molecule has 2 atom stereocenters. The highest BCUT2D eigenvalue weighted by Crippen LogP contribution is 2.27. The van der Waals surface area contributed by atoms with Crippen LogP contribution in [0, 0.1) is 25.7 Å². The summed E-state index contributed by atoms with van der Waals surface area (Å²) in [6, 6.07) is 11.9. The second-order valence-corrected chi connectivity index (χ2v) is 9.93. The third-order valence-electron chi connectivity index (χ3n) is 5.44. The number of nitrogens with one attached hydrogen (secondary N) is 1. The average Bonchev–Trinajstić information content (AvgIpc) is 2.64. The molecular weight excluding hydrogens is 372 g/mol. The van der Waals surface area contributed by atoms with Gasteiger partial charge >= 0.3 is 0 Å². The lowest BCUT2D eigenvalue weighted by Crippen LogP contribution is -2.42. The molecular formula is C22H28N2O3S. The van der Waals surface area contributed by atoms with E-state index in [2.05, 4.69) is 19.2 Å². The maximum absolute atomic E-state index is 13.0. The van der Waals surface area contributed by atoms with Gasteiger partial charge in [0.2, 0.25) is 10.0 Å². The first kappa shape index (κ1) is 20.6. The van der Waals surface area contributed by atoms with Gasteiger partial charge in [-0.05, 0) is 73.6 Å². The fourth-order valence-electron chi connectivity index (χ4n) is 3.81. The van der Waals surface area contributed by atoms with E-state index in [-0.39, 0.29) is 10.8 Å². The molecule has 6 heteroatoms. The van der Waals surface area contributed by atoms with Crippen molar-refractivity contribution in [2.75, 3.05) is 18.4 Å². The van der Waals surface area contributed by atoms with E-state index in [1.165, 1.54) is 12.1 Å². The van der Waals surface area contributed by atoms with Gasteiger partial charge in [-0.15, -0.1) is 0 Å². The highest BCUT2D eigenvalue weighted by Gasteiger charge is 2.31. The highest BCUT2D eigenvalue weighted by molar-refractivity contribution is 7.89. The van der Waals surface area contributed by atoms with Crippen LogP contribution in [0.3, 0.4) is 0 Å². The number of rotatable bonds is 4. The van der Waals surface area contributed by atoms with Crippen molar-refractivity contribution < 1.29 is 13.2 Å². The first-order valence-corrected chi connectivity index (χ1v) is 11.1. The van der Waals surface area contributed by atoms with Gasteiger partial charge in [-0.3, -0.25) is 4.79 Å². The summed E-state index contributed by atoms with van der Waals surface area (Å²) < 4.78 is 27.5. The zero-order valence-electron chi connectivity index (χ0n) is 16.9. The molecule has 0 aromatic heterocycles. The Kier molecular flexibility index (Phi) is 5.91. The number of benzene rings is 2. The van der Waals surface area contributed by atoms with Crippen LogP contribution in [0.25, 0.3) is 0 Å². The number of carbonyl (C=O) groups is 1. The number of hydrogen-bond donors (Lipinski definition) is 1. The number of sulfonamides is 1. The predicted octanol–water partition coefficient (Wildman–Crippen LogP) is 4.22. The van der Waals surface area contributed by atoms with Gasteiger partial charge in [-0.25, -0.2) is 8.42 Å². The largest absolute Gasteiger partial charge is 0.322 e. The maximum Gasteiger partial charge on any atom is 0.255 e. The van der Waals surface area contributed by atoms with Crippen molar-refractivity contribution in [2.45, 2.75) is 39.0 Å². The molecule has 1 N–H and O–H groups in total. The molecule has 0 aliphatic carbocycles. The summed E-state index contributed by atoms with van der Waals surface area (Å²) in [5, 5.41) is 2.90. The second-order valence-electron chi connectivity index (χ2n) is 7.99. The van der Waals surface area contributed by atoms with Gasteiger partial charge < -0.3 is 5.32 Å². The molecule has 2 aromatic carbocycles. The van der Waals surface area contributed by atoms with E-state index in [4.69, 9.17) is 0 Å². The smallest absolute Gasteiger partial charge is 0.255 e. The third kappa shape index (κ3) is 4.28. The van der Waals surface area contributed by atoms with Crippen LogP contribution in [0.15, 0.2) is 47.4 Å². The second kappa shape index (κ2) is 8.05. The van der Waals surface area contributed by atoms with Crippen molar-refractivity contribution in [3.8, 4) is 0 Å². The molecule has 28 heavy (non-hydrogen) atoms. The SMILES string of the molecule is Cc1cccc(NC(=O)c2ccc(S(=O)(=O)N3C[C@@H](C)C[C@H](C)C3)cc2)c1C. The van der Waals surface area contributed by atoms with Crippen molar-refractivity contribution in [1.29, 1.82) is 0 Å². The van der Waals surface area contributed by atoms with Gasteiger partial charge in [-0.2, -0.15) is 4.31 Å². The van der Waals surface area contributed by atoms with Crippen molar-refractivity contribution >= 4 is 21.6 Å². The molecule has 150 valence electrons. The molecule has 0 saturated carbocycles. The highest BCUT2D eigenvalue weighted by atomic mass is 32.2. The lowest BCUT2D eigenvalue weighted by Gasteiger charge is -2.34. The summed E-state index contributed by atoms with van der Waals surface area (Å²) in [7, 11) is -3.54. The Morgan fingerprint density at radius 2 is 1.61 bits per heavy atom. The quantitative estimate of drug-likeness (QED) is 0.835. The van der Waals surface area contributed by atoms with Gasteiger partial charge in [0.1, 0.15) is 0 Å². The molecule has 1 heterocycles. The zero-order chi connectivity index (χ0) is 20.5. The van der Waals surface area contributed by atoms with Crippen LogP contribution in [0.4, 0.5) is 5.69 Å². The topological polar surface area (TPSA) is 66.5 Å². The lowest BCUT2D eigenvalue weighted by molar-refractivity contribution is 0.102. The van der Waals surface area contributed by atoms with E-state index in [1.54, 1.807) is 16.4 Å². The van der Waals surface area contributed by atoms with E-state index in [0.29, 0.717) is 30.5 Å². The van der Waals surface area contributed by atoms with E-state index in [9.17, 15) is 13.2 Å². The van der Waals surface area contributed by atoms with Crippen molar-refractivity contribution in [3.05, 3.63) is 59.2 Å². The minimum atomic E-state index is -3.54. The van der Waals surface area contributed by atoms with Crippen LogP contribution in [0.1, 0.15) is 41.8 Å². The van der Waals surface area contributed by atoms with Crippen LogP contribution < -0.4 is 5.32 Å². The molecule has 2 aromatic rings. The van der Waals surface area contributed by atoms with Gasteiger partial charge in [0, 0.05) is 24.3 Å². The molecule has 1 amide bonds. The van der Waals surface area contributed by atoms with Crippen molar-refractivity contribution in [3.63, 3.8) is 0 Å². The van der Waals surface area contributed by atoms with Crippen LogP contribution in [0.5, 0.6) is 0 Å². The summed E-state index contributed by atoms with van der Waals surface area (Å²) in [5.74, 6) is 0.445. The van der Waals surface area contributed by atoms with Crippen LogP contribution in [-0.4, -0.2) is 31.7 Å². The number of aryl methyl sites for hydroxylation is 1. The molecule has 1 aliphatic heterocycles. The average molecular weight is 401 g/mol. The molecule has 0 spiro atoms. The molecule has 1 saturated heterocycles. The summed E-state index contributed by atoms with van der Waals surface area (Å²) in [6.07, 6.45) is 1.05. The van der Waals surface area contributed by atoms with Crippen LogP contribution in [-0.2, 0) is 10.0 Å². The molecule has 0 bridgehead atoms. The third-order valence-corrected chi connectivity index (χ3v) is 7.29. The molecule has 5 nitrogen and oxygen atoms in total. The Hall–Kier alpha value is -2.18. The Morgan fingerprint density at radius 3 is 2.21 bits per heavy atom. The minimum Gasteiger partial charge on any atom is -0.322 e. The van der Waals surface area contributed by atoms with E-state index < -0.39 is 10.0 Å². The zero-order valence-corrected chi connectivity index (χ0v) is 17.7. The Morgan fingerprint density at radius 1 is 1.00 bits per heavy atom. The van der Waals surface area contributed by atoms with Crippen LogP contribution in [0.2, 0.25) is 0 Å². The molecule has 1 aliphatic rings. The number of amides is 1. The van der Waals surface area contributed by atoms with Gasteiger partial charge in [0.05, 0.1) is 4.90 Å². The number of anilines is 1. The number of carbonyl (C=O) groups excluding carboxylic acids is 1. The number of piperidine rings is 1.